The number of fused-ring (bicyclic) bond motifs is 6. The molecule has 5 unspecified atom stereocenters. The number of carbonyl (C=O) groups excluding carboxylic acids is 1. The molecule has 2 N–H and O–H groups in total. The van der Waals surface area contributed by atoms with Gasteiger partial charge in [-0.3, -0.25) is 9.69 Å². The van der Waals surface area contributed by atoms with Crippen molar-refractivity contribution in [2.75, 3.05) is 20.2 Å². The van der Waals surface area contributed by atoms with Gasteiger partial charge in [-0.05, 0) is 49.3 Å². The molecule has 1 saturated heterocycles. The van der Waals surface area contributed by atoms with Gasteiger partial charge in [0.1, 0.15) is 11.9 Å². The zero-order valence-corrected chi connectivity index (χ0v) is 16.5. The second-order valence-corrected chi connectivity index (χ2v) is 8.54. The number of hydrogen-bond acceptors (Lipinski definition) is 5. The third-order valence-corrected chi connectivity index (χ3v) is 7.07. The van der Waals surface area contributed by atoms with Crippen molar-refractivity contribution >= 4 is 16.9 Å². The van der Waals surface area contributed by atoms with E-state index in [1.54, 1.807) is 7.11 Å². The van der Waals surface area contributed by atoms with Crippen molar-refractivity contribution in [1.82, 2.24) is 9.88 Å². The summed E-state index contributed by atoms with van der Waals surface area (Å²) >= 11 is 0. The largest absolute Gasteiger partial charge is 0.496 e. The van der Waals surface area contributed by atoms with Gasteiger partial charge in [0.25, 0.3) is 0 Å². The van der Waals surface area contributed by atoms with E-state index in [9.17, 15) is 9.90 Å². The molecule has 5 rings (SSSR count). The summed E-state index contributed by atoms with van der Waals surface area (Å²) in [6.45, 7) is 3.48. The number of aromatic amines is 1. The number of aliphatic hydroxyl groups excluding tert-OH is 1. The molecule has 3 heterocycles. The highest BCUT2D eigenvalue weighted by atomic mass is 16.6. The summed E-state index contributed by atoms with van der Waals surface area (Å²) in [7, 11) is 1.72. The maximum Gasteiger partial charge on any atom is 0.303 e. The fourth-order valence-corrected chi connectivity index (χ4v) is 5.88. The van der Waals surface area contributed by atoms with Crippen LogP contribution in [0.1, 0.15) is 43.5 Å². The molecule has 1 aromatic carbocycles. The maximum atomic E-state index is 11.6. The molecule has 0 spiro atoms. The van der Waals surface area contributed by atoms with E-state index >= 15 is 0 Å². The van der Waals surface area contributed by atoms with Crippen molar-refractivity contribution in [3.63, 3.8) is 0 Å². The van der Waals surface area contributed by atoms with Gasteiger partial charge in [-0.25, -0.2) is 0 Å². The zero-order valence-electron chi connectivity index (χ0n) is 16.5. The van der Waals surface area contributed by atoms with Gasteiger partial charge in [-0.2, -0.15) is 0 Å². The Morgan fingerprint density at radius 3 is 2.96 bits per heavy atom. The fraction of sp³-hybridized carbons (Fsp3) is 0.591. The topological polar surface area (TPSA) is 74.8 Å². The first-order chi connectivity index (χ1) is 13.6. The Labute approximate surface area is 164 Å². The number of nitrogens with zero attached hydrogens (tertiary/aromatic N) is 1. The third kappa shape index (κ3) is 2.73. The summed E-state index contributed by atoms with van der Waals surface area (Å²) in [6.07, 6.45) is 2.69. The van der Waals surface area contributed by atoms with Crippen molar-refractivity contribution in [3.05, 3.63) is 29.5 Å². The maximum absolute atomic E-state index is 11.6. The van der Waals surface area contributed by atoms with E-state index in [4.69, 9.17) is 9.47 Å². The molecule has 1 aromatic heterocycles. The Bertz CT molecular complexity index is 907. The van der Waals surface area contributed by atoms with E-state index in [2.05, 4.69) is 16.0 Å². The van der Waals surface area contributed by atoms with Crippen LogP contribution in [0.25, 0.3) is 10.9 Å². The van der Waals surface area contributed by atoms with Crippen molar-refractivity contribution in [1.29, 1.82) is 0 Å². The number of hydrogen-bond donors (Lipinski definition) is 2. The molecule has 2 fully saturated rings. The molecule has 5 atom stereocenters. The highest BCUT2D eigenvalue weighted by Gasteiger charge is 2.48. The molecule has 1 saturated carbocycles. The van der Waals surface area contributed by atoms with Crippen molar-refractivity contribution in [3.8, 4) is 5.75 Å². The van der Waals surface area contributed by atoms with Crippen LogP contribution >= 0.6 is 0 Å². The third-order valence-electron chi connectivity index (χ3n) is 7.07. The smallest absolute Gasteiger partial charge is 0.303 e. The number of methoxy groups -OCH3 is 1. The lowest BCUT2D eigenvalue weighted by atomic mass is 9.69. The van der Waals surface area contributed by atoms with E-state index in [1.807, 2.05) is 12.1 Å². The quantitative estimate of drug-likeness (QED) is 0.779. The number of benzene rings is 1. The van der Waals surface area contributed by atoms with Crippen LogP contribution in [0.2, 0.25) is 0 Å². The number of aliphatic hydroxyl groups is 1. The number of nitrogens with one attached hydrogen (secondary N) is 1. The van der Waals surface area contributed by atoms with Crippen LogP contribution in [0.3, 0.4) is 0 Å². The molecule has 0 bridgehead atoms. The lowest BCUT2D eigenvalue weighted by Gasteiger charge is -2.51. The first-order valence-electron chi connectivity index (χ1n) is 10.3. The lowest BCUT2D eigenvalue weighted by molar-refractivity contribution is -0.169. The number of rotatable bonds is 2. The standard InChI is InChI=1S/C22H28N2O4/c1-12(25)28-22-15-10-17-21-14(20-16(23-21)4-3-5-19(20)27-2)8-9-24(17)11-13(15)6-7-18(22)26/h3-5,13,15,17-18,22-23,26H,6-11H2,1-2H3. The summed E-state index contributed by atoms with van der Waals surface area (Å²) in [4.78, 5) is 17.9. The van der Waals surface area contributed by atoms with E-state index in [0.29, 0.717) is 12.3 Å². The molecule has 2 aromatic rings. The number of piperidine rings is 1. The molecule has 6 nitrogen and oxygen atoms in total. The van der Waals surface area contributed by atoms with Crippen molar-refractivity contribution in [2.45, 2.75) is 50.9 Å². The average Bonchev–Trinajstić information content (AvgIpc) is 3.08. The summed E-state index contributed by atoms with van der Waals surface area (Å²) in [6, 6.07) is 6.42. The predicted octanol–water partition coefficient (Wildman–Crippen LogP) is 2.80. The van der Waals surface area contributed by atoms with Crippen LogP contribution in [-0.2, 0) is 16.0 Å². The minimum Gasteiger partial charge on any atom is -0.496 e. The van der Waals surface area contributed by atoms with Gasteiger partial charge in [0, 0.05) is 42.5 Å². The number of aromatic nitrogens is 1. The minimum absolute atomic E-state index is 0.202. The summed E-state index contributed by atoms with van der Waals surface area (Å²) in [5, 5.41) is 11.7. The first kappa shape index (κ1) is 18.0. The number of esters is 1. The Kier molecular flexibility index (Phi) is 4.36. The molecule has 3 aliphatic rings. The highest BCUT2D eigenvalue weighted by Crippen LogP contribution is 2.48. The predicted molar refractivity (Wildman–Crippen MR) is 105 cm³/mol. The molecule has 0 amide bonds. The molecule has 2 aliphatic heterocycles. The Hall–Kier alpha value is -2.05. The number of ether oxygens (including phenoxy) is 2. The second kappa shape index (κ2) is 6.78. The van der Waals surface area contributed by atoms with Crippen LogP contribution < -0.4 is 4.74 Å². The van der Waals surface area contributed by atoms with Gasteiger partial charge in [-0.1, -0.05) is 6.07 Å². The van der Waals surface area contributed by atoms with Gasteiger partial charge in [0.05, 0.1) is 19.3 Å². The molecule has 1 aliphatic carbocycles. The van der Waals surface area contributed by atoms with E-state index in [1.165, 1.54) is 23.6 Å². The van der Waals surface area contributed by atoms with Crippen LogP contribution in [-0.4, -0.2) is 53.4 Å². The Balaban J connectivity index is 1.52. The van der Waals surface area contributed by atoms with Crippen molar-refractivity contribution < 1.29 is 19.4 Å². The minimum atomic E-state index is -0.553. The number of H-pyrrole nitrogens is 1. The van der Waals surface area contributed by atoms with E-state index in [0.717, 1.165) is 43.6 Å². The Morgan fingerprint density at radius 1 is 1.32 bits per heavy atom. The monoisotopic (exact) mass is 384 g/mol. The van der Waals surface area contributed by atoms with E-state index in [-0.39, 0.29) is 24.0 Å². The van der Waals surface area contributed by atoms with Crippen LogP contribution in [0.15, 0.2) is 18.2 Å². The van der Waals surface area contributed by atoms with Crippen LogP contribution in [0, 0.1) is 11.8 Å². The summed E-state index contributed by atoms with van der Waals surface area (Å²) < 4.78 is 11.2. The molecule has 28 heavy (non-hydrogen) atoms. The van der Waals surface area contributed by atoms with Crippen LogP contribution in [0.4, 0.5) is 0 Å². The average molecular weight is 384 g/mol. The molecular formula is C22H28N2O4. The highest BCUT2D eigenvalue weighted by molar-refractivity contribution is 5.91. The van der Waals surface area contributed by atoms with Gasteiger partial charge in [-0.15, -0.1) is 0 Å². The normalized spacial score (nSPS) is 32.3. The number of carbonyl (C=O) groups is 1. The summed E-state index contributed by atoms with van der Waals surface area (Å²) in [5.41, 5.74) is 3.74. The first-order valence-corrected chi connectivity index (χ1v) is 10.3. The fourth-order valence-electron chi connectivity index (χ4n) is 5.88. The van der Waals surface area contributed by atoms with Gasteiger partial charge in [0.2, 0.25) is 0 Å². The van der Waals surface area contributed by atoms with Crippen LogP contribution in [0.5, 0.6) is 5.75 Å². The van der Waals surface area contributed by atoms with Gasteiger partial charge in [0.15, 0.2) is 0 Å². The van der Waals surface area contributed by atoms with Crippen molar-refractivity contribution in [2.24, 2.45) is 11.8 Å². The lowest BCUT2D eigenvalue weighted by Crippen LogP contribution is -2.54. The molecular weight excluding hydrogens is 356 g/mol. The summed E-state index contributed by atoms with van der Waals surface area (Å²) in [5.74, 6) is 1.30. The molecule has 0 radical (unpaired) electrons. The molecule has 6 heteroatoms. The SMILES string of the molecule is COc1cccc2[nH]c3c(c12)CCN1CC2CCC(O)C(OC(C)=O)C2CC31. The zero-order chi connectivity index (χ0) is 19.4. The van der Waals surface area contributed by atoms with Gasteiger partial charge >= 0.3 is 5.97 Å². The van der Waals surface area contributed by atoms with E-state index < -0.39 is 6.10 Å². The van der Waals surface area contributed by atoms with Gasteiger partial charge < -0.3 is 19.6 Å². The second-order valence-electron chi connectivity index (χ2n) is 8.54. The molecule has 150 valence electrons. The Morgan fingerprint density at radius 2 is 2.18 bits per heavy atom.